The van der Waals surface area contributed by atoms with Crippen molar-refractivity contribution in [3.63, 3.8) is 0 Å². The number of para-hydroxylation sites is 1. The van der Waals surface area contributed by atoms with Gasteiger partial charge in [-0.2, -0.15) is 0 Å². The Hall–Kier alpha value is -2.51. The molecule has 0 aliphatic carbocycles. The Bertz CT molecular complexity index is 837. The summed E-state index contributed by atoms with van der Waals surface area (Å²) in [6, 6.07) is 9.38. The van der Waals surface area contributed by atoms with Crippen LogP contribution >= 0.6 is 0 Å². The average molecular weight is 370 g/mol. The summed E-state index contributed by atoms with van der Waals surface area (Å²) >= 11 is 0. The number of fused-ring (bicyclic) bond motifs is 1. The minimum absolute atomic E-state index is 0.104. The second-order valence-corrected chi connectivity index (χ2v) is 7.15. The molecule has 1 aromatic heterocycles. The molecule has 1 aliphatic rings. The van der Waals surface area contributed by atoms with Gasteiger partial charge in [-0.1, -0.05) is 18.2 Å². The maximum absolute atomic E-state index is 12.6. The summed E-state index contributed by atoms with van der Waals surface area (Å²) in [5, 5.41) is 12.5. The third-order valence-electron chi connectivity index (χ3n) is 4.79. The molecule has 0 bridgehead atoms. The zero-order chi connectivity index (χ0) is 19.4. The van der Waals surface area contributed by atoms with E-state index in [1.807, 2.05) is 54.2 Å². The van der Waals surface area contributed by atoms with Gasteiger partial charge in [0.15, 0.2) is 0 Å². The second-order valence-electron chi connectivity index (χ2n) is 7.15. The molecule has 2 heterocycles. The van der Waals surface area contributed by atoms with Crippen LogP contribution < -0.4 is 5.32 Å². The summed E-state index contributed by atoms with van der Waals surface area (Å²) < 4.78 is 0. The number of hydrogen-bond acceptors (Lipinski definition) is 5. The Morgan fingerprint density at radius 3 is 2.85 bits per heavy atom. The molecule has 1 aliphatic heterocycles. The van der Waals surface area contributed by atoms with E-state index in [9.17, 15) is 9.59 Å². The van der Waals surface area contributed by atoms with Crippen LogP contribution in [0, 0.1) is 0 Å². The molecule has 0 radical (unpaired) electrons. The fraction of sp³-hybridized carbons (Fsp3) is 0.450. The summed E-state index contributed by atoms with van der Waals surface area (Å²) in [5.41, 5.74) is 2.16. The number of likely N-dealkylation sites (N-methyl/N-ethyl adjacent to an activating group) is 1. The lowest BCUT2D eigenvalue weighted by molar-refractivity contribution is -0.130. The normalized spacial score (nSPS) is 16.9. The highest BCUT2D eigenvalue weighted by Crippen LogP contribution is 2.29. The standard InChI is InChI=1S/C20H26N4O3/c1-23(2)13-19(26)24-9-7-14(12-24)18-11-16(20(27)21-8-10-25)15-5-3-4-6-17(15)22-18/h3-6,11,14,25H,7-10,12-13H2,1-2H3,(H,21,27). The van der Waals surface area contributed by atoms with Crippen LogP contribution in [0.25, 0.3) is 10.9 Å². The van der Waals surface area contributed by atoms with Gasteiger partial charge in [-0.05, 0) is 32.6 Å². The van der Waals surface area contributed by atoms with Crippen molar-refractivity contribution < 1.29 is 14.7 Å². The topological polar surface area (TPSA) is 85.8 Å². The minimum Gasteiger partial charge on any atom is -0.395 e. The molecule has 144 valence electrons. The molecule has 1 fully saturated rings. The van der Waals surface area contributed by atoms with Gasteiger partial charge in [-0.3, -0.25) is 14.6 Å². The number of likely N-dealkylation sites (tertiary alicyclic amines) is 1. The van der Waals surface area contributed by atoms with E-state index in [0.29, 0.717) is 25.2 Å². The quantitative estimate of drug-likeness (QED) is 0.787. The van der Waals surface area contributed by atoms with Gasteiger partial charge in [0.1, 0.15) is 0 Å². The summed E-state index contributed by atoms with van der Waals surface area (Å²) in [4.78, 5) is 33.4. The lowest BCUT2D eigenvalue weighted by Crippen LogP contribution is -2.36. The van der Waals surface area contributed by atoms with Crippen molar-refractivity contribution in [2.75, 3.05) is 46.9 Å². The van der Waals surface area contributed by atoms with Gasteiger partial charge in [0.05, 0.1) is 24.2 Å². The Morgan fingerprint density at radius 1 is 1.33 bits per heavy atom. The summed E-state index contributed by atoms with van der Waals surface area (Å²) in [5.74, 6) is 0.0109. The summed E-state index contributed by atoms with van der Waals surface area (Å²) in [6.45, 7) is 1.83. The predicted octanol–water partition coefficient (Wildman–Crippen LogP) is 0.834. The number of aliphatic hydroxyl groups excluding tert-OH is 1. The maximum atomic E-state index is 12.6. The monoisotopic (exact) mass is 370 g/mol. The zero-order valence-electron chi connectivity index (χ0n) is 15.8. The zero-order valence-corrected chi connectivity index (χ0v) is 15.8. The number of aliphatic hydroxyl groups is 1. The molecule has 7 nitrogen and oxygen atoms in total. The Labute approximate surface area is 159 Å². The molecule has 1 aromatic carbocycles. The molecule has 2 aromatic rings. The van der Waals surface area contributed by atoms with Crippen LogP contribution in [0.3, 0.4) is 0 Å². The highest BCUT2D eigenvalue weighted by molar-refractivity contribution is 6.06. The number of rotatable bonds is 6. The number of carbonyl (C=O) groups is 2. The highest BCUT2D eigenvalue weighted by atomic mass is 16.3. The molecule has 0 saturated carbocycles. The van der Waals surface area contributed by atoms with E-state index in [4.69, 9.17) is 10.1 Å². The third kappa shape index (κ3) is 4.43. The maximum Gasteiger partial charge on any atom is 0.252 e. The highest BCUT2D eigenvalue weighted by Gasteiger charge is 2.29. The Morgan fingerprint density at radius 2 is 2.11 bits per heavy atom. The number of pyridine rings is 1. The molecule has 0 spiro atoms. The molecule has 1 atom stereocenters. The van der Waals surface area contributed by atoms with Crippen molar-refractivity contribution in [3.8, 4) is 0 Å². The number of aromatic nitrogens is 1. The van der Waals surface area contributed by atoms with E-state index in [2.05, 4.69) is 5.32 Å². The van der Waals surface area contributed by atoms with Gasteiger partial charge in [-0.15, -0.1) is 0 Å². The first kappa shape index (κ1) is 19.3. The van der Waals surface area contributed by atoms with Crippen molar-refractivity contribution in [2.24, 2.45) is 0 Å². The smallest absolute Gasteiger partial charge is 0.252 e. The fourth-order valence-corrected chi connectivity index (χ4v) is 3.46. The van der Waals surface area contributed by atoms with Gasteiger partial charge < -0.3 is 20.2 Å². The van der Waals surface area contributed by atoms with Gasteiger partial charge in [0.25, 0.3) is 5.91 Å². The molecular weight excluding hydrogens is 344 g/mol. The van der Waals surface area contributed by atoms with E-state index >= 15 is 0 Å². The number of amides is 2. The Balaban J connectivity index is 1.87. The van der Waals surface area contributed by atoms with Crippen LogP contribution in [0.4, 0.5) is 0 Å². The Kier molecular flexibility index (Phi) is 6.03. The van der Waals surface area contributed by atoms with E-state index in [1.54, 1.807) is 0 Å². The van der Waals surface area contributed by atoms with E-state index in [1.165, 1.54) is 0 Å². The predicted molar refractivity (Wildman–Crippen MR) is 104 cm³/mol. The molecule has 2 amide bonds. The lowest BCUT2D eigenvalue weighted by Gasteiger charge is -2.19. The summed E-state index contributed by atoms with van der Waals surface area (Å²) in [6.07, 6.45) is 0.836. The van der Waals surface area contributed by atoms with Gasteiger partial charge >= 0.3 is 0 Å². The number of carbonyl (C=O) groups excluding carboxylic acids is 2. The van der Waals surface area contributed by atoms with E-state index in [-0.39, 0.29) is 30.9 Å². The van der Waals surface area contributed by atoms with Crippen LogP contribution in [0.2, 0.25) is 0 Å². The number of hydrogen-bond donors (Lipinski definition) is 2. The molecular formula is C20H26N4O3. The first-order valence-electron chi connectivity index (χ1n) is 9.21. The van der Waals surface area contributed by atoms with Crippen LogP contribution in [0.15, 0.2) is 30.3 Å². The van der Waals surface area contributed by atoms with Crippen LogP contribution in [0.5, 0.6) is 0 Å². The summed E-state index contributed by atoms with van der Waals surface area (Å²) in [7, 11) is 3.77. The molecule has 2 N–H and O–H groups in total. The van der Waals surface area contributed by atoms with Gasteiger partial charge in [0.2, 0.25) is 5.91 Å². The first-order valence-corrected chi connectivity index (χ1v) is 9.21. The van der Waals surface area contributed by atoms with Crippen LogP contribution in [-0.4, -0.2) is 78.6 Å². The number of benzene rings is 1. The molecule has 3 rings (SSSR count). The SMILES string of the molecule is CN(C)CC(=O)N1CCC(c2cc(C(=O)NCCO)c3ccccc3n2)C1. The first-order chi connectivity index (χ1) is 13.0. The molecule has 1 unspecified atom stereocenters. The average Bonchev–Trinajstić information content (AvgIpc) is 3.15. The van der Waals surface area contributed by atoms with Crippen molar-refractivity contribution in [3.05, 3.63) is 41.6 Å². The van der Waals surface area contributed by atoms with Gasteiger partial charge in [-0.25, -0.2) is 0 Å². The van der Waals surface area contributed by atoms with Crippen molar-refractivity contribution in [1.29, 1.82) is 0 Å². The number of nitrogens with one attached hydrogen (secondary N) is 1. The van der Waals surface area contributed by atoms with Gasteiger partial charge in [0, 0.05) is 36.6 Å². The van der Waals surface area contributed by atoms with E-state index in [0.717, 1.165) is 23.0 Å². The van der Waals surface area contributed by atoms with E-state index < -0.39 is 0 Å². The second kappa shape index (κ2) is 8.45. The van der Waals surface area contributed by atoms with Crippen molar-refractivity contribution in [1.82, 2.24) is 20.1 Å². The van der Waals surface area contributed by atoms with Crippen molar-refractivity contribution >= 4 is 22.7 Å². The van der Waals surface area contributed by atoms with Crippen molar-refractivity contribution in [2.45, 2.75) is 12.3 Å². The third-order valence-corrected chi connectivity index (χ3v) is 4.79. The fourth-order valence-electron chi connectivity index (χ4n) is 3.46. The van der Waals surface area contributed by atoms with Crippen LogP contribution in [-0.2, 0) is 4.79 Å². The molecule has 1 saturated heterocycles. The largest absolute Gasteiger partial charge is 0.395 e. The number of nitrogens with zero attached hydrogens (tertiary/aromatic N) is 3. The lowest BCUT2D eigenvalue weighted by atomic mass is 9.99. The molecule has 27 heavy (non-hydrogen) atoms. The van der Waals surface area contributed by atoms with Crippen LogP contribution in [0.1, 0.15) is 28.4 Å². The molecule has 7 heteroatoms. The minimum atomic E-state index is -0.220.